The van der Waals surface area contributed by atoms with E-state index in [-0.39, 0.29) is 10.3 Å². The molecule has 0 aromatic carbocycles. The van der Waals surface area contributed by atoms with E-state index >= 15 is 0 Å². The summed E-state index contributed by atoms with van der Waals surface area (Å²) in [4.78, 5) is 4.69. The highest BCUT2D eigenvalue weighted by molar-refractivity contribution is 7.98. The SMILES string of the molecule is Cc1csc(C2(NSC(C)(C)C)CCOCC2)n1. The number of aromatic nitrogens is 1. The molecule has 0 saturated carbocycles. The minimum absolute atomic E-state index is 0.00484. The molecule has 0 aliphatic carbocycles. The van der Waals surface area contributed by atoms with Gasteiger partial charge in [0.25, 0.3) is 0 Å². The predicted octanol–water partition coefficient (Wildman–Crippen LogP) is 3.49. The molecule has 1 aliphatic heterocycles. The van der Waals surface area contributed by atoms with Gasteiger partial charge in [-0.15, -0.1) is 11.3 Å². The lowest BCUT2D eigenvalue weighted by molar-refractivity contribution is 0.0467. The lowest BCUT2D eigenvalue weighted by Gasteiger charge is -2.37. The summed E-state index contributed by atoms with van der Waals surface area (Å²) >= 11 is 3.57. The van der Waals surface area contributed by atoms with Gasteiger partial charge < -0.3 is 4.74 Å². The first-order valence-corrected chi connectivity index (χ1v) is 8.06. The second-order valence-electron chi connectivity index (χ2n) is 5.81. The van der Waals surface area contributed by atoms with Crippen molar-refractivity contribution in [1.29, 1.82) is 0 Å². The van der Waals surface area contributed by atoms with E-state index in [1.165, 1.54) is 5.01 Å². The highest BCUT2D eigenvalue weighted by atomic mass is 32.2. The summed E-state index contributed by atoms with van der Waals surface area (Å²) in [6.07, 6.45) is 2.01. The van der Waals surface area contributed by atoms with E-state index in [2.05, 4.69) is 37.8 Å². The summed E-state index contributed by atoms with van der Waals surface area (Å²) in [5.74, 6) is 0. The lowest BCUT2D eigenvalue weighted by atomic mass is 9.92. The second-order valence-corrected chi connectivity index (χ2v) is 8.30. The molecule has 3 nitrogen and oxygen atoms in total. The summed E-state index contributed by atoms with van der Waals surface area (Å²) in [6, 6.07) is 0. The van der Waals surface area contributed by atoms with E-state index in [9.17, 15) is 0 Å². The largest absolute Gasteiger partial charge is 0.381 e. The summed E-state index contributed by atoms with van der Waals surface area (Å²) in [5, 5.41) is 3.34. The van der Waals surface area contributed by atoms with Crippen molar-refractivity contribution in [2.75, 3.05) is 13.2 Å². The Morgan fingerprint density at radius 3 is 2.56 bits per heavy atom. The molecule has 102 valence electrons. The van der Waals surface area contributed by atoms with Crippen LogP contribution in [0, 0.1) is 6.92 Å². The topological polar surface area (TPSA) is 34.1 Å². The Morgan fingerprint density at radius 1 is 1.39 bits per heavy atom. The molecule has 2 heterocycles. The third-order valence-corrected chi connectivity index (χ3v) is 5.20. The molecule has 1 fully saturated rings. The monoisotopic (exact) mass is 286 g/mol. The van der Waals surface area contributed by atoms with Gasteiger partial charge in [-0.3, -0.25) is 4.72 Å². The number of thiazole rings is 1. The van der Waals surface area contributed by atoms with Crippen LogP contribution in [0.15, 0.2) is 5.38 Å². The van der Waals surface area contributed by atoms with Gasteiger partial charge in [0.1, 0.15) is 5.01 Å². The van der Waals surface area contributed by atoms with Crippen LogP contribution in [-0.4, -0.2) is 22.9 Å². The molecule has 0 amide bonds. The molecular formula is C13H22N2OS2. The van der Waals surface area contributed by atoms with Crippen molar-refractivity contribution < 1.29 is 4.74 Å². The van der Waals surface area contributed by atoms with Crippen LogP contribution >= 0.6 is 23.3 Å². The van der Waals surface area contributed by atoms with Crippen LogP contribution in [0.4, 0.5) is 0 Å². The zero-order chi connectivity index (χ0) is 13.2. The lowest BCUT2D eigenvalue weighted by Crippen LogP contribution is -2.45. The van der Waals surface area contributed by atoms with Crippen molar-refractivity contribution in [3.05, 3.63) is 16.1 Å². The van der Waals surface area contributed by atoms with Crippen molar-refractivity contribution in [3.63, 3.8) is 0 Å². The molecule has 1 saturated heterocycles. The third kappa shape index (κ3) is 3.47. The van der Waals surface area contributed by atoms with Gasteiger partial charge in [-0.2, -0.15) is 0 Å². The molecule has 0 spiro atoms. The Labute approximate surface area is 118 Å². The highest BCUT2D eigenvalue weighted by Crippen LogP contribution is 2.37. The van der Waals surface area contributed by atoms with Gasteiger partial charge in [-0.25, -0.2) is 4.98 Å². The van der Waals surface area contributed by atoms with Gasteiger partial charge in [-0.1, -0.05) is 11.9 Å². The summed E-state index contributed by atoms with van der Waals surface area (Å²) in [5.41, 5.74) is 1.11. The summed E-state index contributed by atoms with van der Waals surface area (Å²) in [7, 11) is 0. The number of nitrogens with zero attached hydrogens (tertiary/aromatic N) is 1. The average molecular weight is 286 g/mol. The number of ether oxygens (including phenoxy) is 1. The zero-order valence-electron chi connectivity index (χ0n) is 11.6. The molecule has 1 N–H and O–H groups in total. The van der Waals surface area contributed by atoms with E-state index in [0.29, 0.717) is 0 Å². The molecule has 0 bridgehead atoms. The maximum atomic E-state index is 5.51. The predicted molar refractivity (Wildman–Crippen MR) is 79.1 cm³/mol. The third-order valence-electron chi connectivity index (χ3n) is 2.93. The Morgan fingerprint density at radius 2 is 2.06 bits per heavy atom. The minimum atomic E-state index is -0.00484. The Bertz CT molecular complexity index is 392. The number of aryl methyl sites for hydroxylation is 1. The fourth-order valence-electron chi connectivity index (χ4n) is 1.90. The van der Waals surface area contributed by atoms with Gasteiger partial charge in [0.2, 0.25) is 0 Å². The van der Waals surface area contributed by atoms with Crippen LogP contribution in [0.5, 0.6) is 0 Å². The highest BCUT2D eigenvalue weighted by Gasteiger charge is 2.38. The number of nitrogens with one attached hydrogen (secondary N) is 1. The number of hydrogen-bond acceptors (Lipinski definition) is 5. The van der Waals surface area contributed by atoms with Gasteiger partial charge >= 0.3 is 0 Å². The van der Waals surface area contributed by atoms with Crippen molar-refractivity contribution in [2.24, 2.45) is 0 Å². The van der Waals surface area contributed by atoms with Crippen LogP contribution in [-0.2, 0) is 10.3 Å². The molecule has 2 rings (SSSR count). The molecular weight excluding hydrogens is 264 g/mol. The maximum Gasteiger partial charge on any atom is 0.114 e. The van der Waals surface area contributed by atoms with Gasteiger partial charge in [0.05, 0.1) is 5.54 Å². The van der Waals surface area contributed by atoms with Crippen molar-refractivity contribution >= 4 is 23.3 Å². The Kier molecular flexibility index (Phi) is 4.36. The molecule has 0 unspecified atom stereocenters. The van der Waals surface area contributed by atoms with E-state index in [0.717, 1.165) is 31.7 Å². The quantitative estimate of drug-likeness (QED) is 0.863. The van der Waals surface area contributed by atoms with E-state index in [4.69, 9.17) is 9.72 Å². The van der Waals surface area contributed by atoms with E-state index in [1.54, 1.807) is 23.3 Å². The molecule has 1 aliphatic rings. The van der Waals surface area contributed by atoms with Crippen molar-refractivity contribution in [1.82, 2.24) is 9.71 Å². The van der Waals surface area contributed by atoms with Crippen LogP contribution in [0.25, 0.3) is 0 Å². The van der Waals surface area contributed by atoms with Crippen molar-refractivity contribution in [2.45, 2.75) is 50.8 Å². The maximum absolute atomic E-state index is 5.51. The van der Waals surface area contributed by atoms with E-state index < -0.39 is 0 Å². The molecule has 0 atom stereocenters. The van der Waals surface area contributed by atoms with Crippen LogP contribution in [0.1, 0.15) is 44.3 Å². The van der Waals surface area contributed by atoms with Crippen molar-refractivity contribution in [3.8, 4) is 0 Å². The minimum Gasteiger partial charge on any atom is -0.381 e. The fourth-order valence-corrected chi connectivity index (χ4v) is 3.78. The zero-order valence-corrected chi connectivity index (χ0v) is 13.2. The second kappa shape index (κ2) is 5.49. The smallest absolute Gasteiger partial charge is 0.114 e. The van der Waals surface area contributed by atoms with Gasteiger partial charge in [0.15, 0.2) is 0 Å². The normalized spacial score (nSPS) is 20.0. The van der Waals surface area contributed by atoms with E-state index in [1.807, 2.05) is 0 Å². The number of rotatable bonds is 3. The molecule has 18 heavy (non-hydrogen) atoms. The van der Waals surface area contributed by atoms with Gasteiger partial charge in [0, 0.05) is 29.0 Å². The average Bonchev–Trinajstić information content (AvgIpc) is 2.74. The first-order chi connectivity index (χ1) is 8.41. The molecule has 0 radical (unpaired) electrons. The van der Waals surface area contributed by atoms with Crippen LogP contribution in [0.3, 0.4) is 0 Å². The molecule has 1 aromatic rings. The Hall–Kier alpha value is -0.100. The fraction of sp³-hybridized carbons (Fsp3) is 0.769. The van der Waals surface area contributed by atoms with Crippen LogP contribution in [0.2, 0.25) is 0 Å². The van der Waals surface area contributed by atoms with Gasteiger partial charge in [-0.05, 0) is 40.5 Å². The summed E-state index contributed by atoms with van der Waals surface area (Å²) < 4.78 is 9.41. The first-order valence-electron chi connectivity index (χ1n) is 6.37. The molecule has 1 aromatic heterocycles. The number of hydrogen-bond donors (Lipinski definition) is 1. The Balaban J connectivity index is 2.17. The first kappa shape index (κ1) is 14.3. The standard InChI is InChI=1S/C13H22N2OS2/c1-10-9-17-11(14-10)13(5-7-16-8-6-13)15-18-12(2,3)4/h9,15H,5-8H2,1-4H3. The van der Waals surface area contributed by atoms with Crippen LogP contribution < -0.4 is 4.72 Å². The molecule has 5 heteroatoms. The summed E-state index contributed by atoms with van der Waals surface area (Å²) in [6.45, 7) is 10.4.